The van der Waals surface area contributed by atoms with Crippen LogP contribution in [0.1, 0.15) is 24.6 Å². The molecule has 0 spiro atoms. The molecule has 6 heteroatoms. The van der Waals surface area contributed by atoms with Crippen molar-refractivity contribution in [2.45, 2.75) is 32.7 Å². The van der Waals surface area contributed by atoms with E-state index in [4.69, 9.17) is 0 Å². The Balaban J connectivity index is 1.64. The summed E-state index contributed by atoms with van der Waals surface area (Å²) in [5.41, 5.74) is 2.77. The van der Waals surface area contributed by atoms with E-state index in [1.165, 1.54) is 0 Å². The highest BCUT2D eigenvalue weighted by atomic mass is 16.2. The van der Waals surface area contributed by atoms with Crippen molar-refractivity contribution in [3.8, 4) is 0 Å². The number of para-hydroxylation sites is 1. The zero-order chi connectivity index (χ0) is 17.8. The van der Waals surface area contributed by atoms with Crippen LogP contribution in [-0.4, -0.2) is 45.8 Å². The van der Waals surface area contributed by atoms with Crippen LogP contribution < -0.4 is 4.90 Å². The van der Waals surface area contributed by atoms with Crippen LogP contribution in [0.15, 0.2) is 42.9 Å². The number of anilines is 1. The van der Waals surface area contributed by atoms with Gasteiger partial charge in [0.15, 0.2) is 0 Å². The fourth-order valence-electron chi connectivity index (χ4n) is 3.20. The fourth-order valence-corrected chi connectivity index (χ4v) is 3.20. The second-order valence-electron chi connectivity index (χ2n) is 6.37. The van der Waals surface area contributed by atoms with Gasteiger partial charge in [0.1, 0.15) is 6.54 Å². The molecule has 25 heavy (non-hydrogen) atoms. The minimum absolute atomic E-state index is 0.0183. The SMILES string of the molecule is Cc1ccccc1N1C(=O)CN(C(=O)CCc2cnccn2)CC1C. The van der Waals surface area contributed by atoms with Crippen molar-refractivity contribution >= 4 is 17.5 Å². The zero-order valence-corrected chi connectivity index (χ0v) is 14.6. The third kappa shape index (κ3) is 3.84. The van der Waals surface area contributed by atoms with Gasteiger partial charge in [0.2, 0.25) is 11.8 Å². The Bertz CT molecular complexity index is 763. The van der Waals surface area contributed by atoms with Crippen LogP contribution in [0, 0.1) is 6.92 Å². The summed E-state index contributed by atoms with van der Waals surface area (Å²) in [7, 11) is 0. The molecule has 0 N–H and O–H groups in total. The lowest BCUT2D eigenvalue weighted by atomic mass is 10.1. The molecule has 1 saturated heterocycles. The fraction of sp³-hybridized carbons (Fsp3) is 0.368. The molecule has 1 aliphatic rings. The predicted octanol–water partition coefficient (Wildman–Crippen LogP) is 1.98. The van der Waals surface area contributed by atoms with Gasteiger partial charge in [-0.15, -0.1) is 0 Å². The second kappa shape index (κ2) is 7.42. The Kier molecular flexibility index (Phi) is 5.07. The molecule has 0 radical (unpaired) electrons. The first kappa shape index (κ1) is 17.1. The first-order valence-corrected chi connectivity index (χ1v) is 8.46. The first-order chi connectivity index (χ1) is 12.1. The van der Waals surface area contributed by atoms with E-state index in [9.17, 15) is 9.59 Å². The van der Waals surface area contributed by atoms with Gasteiger partial charge in [0, 0.05) is 37.2 Å². The number of rotatable bonds is 4. The summed E-state index contributed by atoms with van der Waals surface area (Å²) in [5, 5.41) is 0. The highest BCUT2D eigenvalue weighted by molar-refractivity contribution is 5.99. The highest BCUT2D eigenvalue weighted by Crippen LogP contribution is 2.25. The summed E-state index contributed by atoms with van der Waals surface area (Å²) >= 11 is 0. The van der Waals surface area contributed by atoms with Crippen molar-refractivity contribution in [3.05, 3.63) is 54.1 Å². The Morgan fingerprint density at radius 2 is 2.08 bits per heavy atom. The summed E-state index contributed by atoms with van der Waals surface area (Å²) in [4.78, 5) is 36.8. The number of nitrogens with zero attached hydrogens (tertiary/aromatic N) is 4. The van der Waals surface area contributed by atoms with Gasteiger partial charge in [-0.1, -0.05) is 18.2 Å². The molecule has 1 aromatic carbocycles. The molecule has 2 amide bonds. The maximum absolute atomic E-state index is 12.7. The number of amides is 2. The third-order valence-corrected chi connectivity index (χ3v) is 4.46. The Labute approximate surface area is 147 Å². The van der Waals surface area contributed by atoms with Crippen LogP contribution in [-0.2, 0) is 16.0 Å². The quantitative estimate of drug-likeness (QED) is 0.855. The van der Waals surface area contributed by atoms with Crippen molar-refractivity contribution in [1.29, 1.82) is 0 Å². The highest BCUT2D eigenvalue weighted by Gasteiger charge is 2.33. The first-order valence-electron chi connectivity index (χ1n) is 8.46. The van der Waals surface area contributed by atoms with Gasteiger partial charge in [-0.25, -0.2) is 0 Å². The van der Waals surface area contributed by atoms with Gasteiger partial charge in [0.25, 0.3) is 0 Å². The number of benzene rings is 1. The van der Waals surface area contributed by atoms with E-state index in [-0.39, 0.29) is 24.4 Å². The lowest BCUT2D eigenvalue weighted by Gasteiger charge is -2.40. The Hall–Kier alpha value is -2.76. The zero-order valence-electron chi connectivity index (χ0n) is 14.6. The summed E-state index contributed by atoms with van der Waals surface area (Å²) in [5.74, 6) is -0.0591. The molecule has 2 aromatic rings. The molecule has 1 fully saturated rings. The van der Waals surface area contributed by atoms with Crippen molar-refractivity contribution in [3.63, 3.8) is 0 Å². The minimum atomic E-state index is -0.0529. The van der Waals surface area contributed by atoms with Gasteiger partial charge >= 0.3 is 0 Å². The van der Waals surface area contributed by atoms with Crippen molar-refractivity contribution < 1.29 is 9.59 Å². The molecule has 0 saturated carbocycles. The molecule has 1 aromatic heterocycles. The van der Waals surface area contributed by atoms with E-state index in [2.05, 4.69) is 9.97 Å². The molecule has 0 bridgehead atoms. The number of piperazine rings is 1. The summed E-state index contributed by atoms with van der Waals surface area (Å²) in [6, 6.07) is 7.78. The van der Waals surface area contributed by atoms with Gasteiger partial charge in [0.05, 0.1) is 11.7 Å². The standard InChI is InChI=1S/C19H22N4O2/c1-14-5-3-4-6-17(14)23-15(2)12-22(13-19(23)25)18(24)8-7-16-11-20-9-10-21-16/h3-6,9-11,15H,7-8,12-13H2,1-2H3. The second-order valence-corrected chi connectivity index (χ2v) is 6.37. The maximum Gasteiger partial charge on any atom is 0.246 e. The number of hydrogen-bond donors (Lipinski definition) is 0. The maximum atomic E-state index is 12.7. The van der Waals surface area contributed by atoms with Crippen molar-refractivity contribution in [2.75, 3.05) is 18.0 Å². The monoisotopic (exact) mass is 338 g/mol. The van der Waals surface area contributed by atoms with Gasteiger partial charge in [-0.2, -0.15) is 0 Å². The van der Waals surface area contributed by atoms with Crippen LogP contribution in [0.5, 0.6) is 0 Å². The van der Waals surface area contributed by atoms with Gasteiger partial charge in [-0.05, 0) is 31.9 Å². The molecule has 130 valence electrons. The minimum Gasteiger partial charge on any atom is -0.331 e. The predicted molar refractivity (Wildman–Crippen MR) is 95.1 cm³/mol. The average Bonchev–Trinajstić information content (AvgIpc) is 2.61. The lowest BCUT2D eigenvalue weighted by molar-refractivity contribution is -0.137. The van der Waals surface area contributed by atoms with Gasteiger partial charge in [-0.3, -0.25) is 19.6 Å². The topological polar surface area (TPSA) is 66.4 Å². The summed E-state index contributed by atoms with van der Waals surface area (Å²) in [6.45, 7) is 4.64. The Morgan fingerprint density at radius 3 is 2.76 bits per heavy atom. The van der Waals surface area contributed by atoms with Crippen molar-refractivity contribution in [2.24, 2.45) is 0 Å². The van der Waals surface area contributed by atoms with Crippen molar-refractivity contribution in [1.82, 2.24) is 14.9 Å². The van der Waals surface area contributed by atoms with E-state index in [1.807, 2.05) is 43.0 Å². The normalized spacial score (nSPS) is 17.7. The number of carbonyl (C=O) groups excluding carboxylic acids is 2. The van der Waals surface area contributed by atoms with Crippen LogP contribution >= 0.6 is 0 Å². The molecular formula is C19H22N4O2. The summed E-state index contributed by atoms with van der Waals surface area (Å²) < 4.78 is 0. The molecule has 1 aliphatic heterocycles. The van der Waals surface area contributed by atoms with Crippen LogP contribution in [0.25, 0.3) is 0 Å². The average molecular weight is 338 g/mol. The molecule has 2 heterocycles. The van der Waals surface area contributed by atoms with E-state index < -0.39 is 0 Å². The largest absolute Gasteiger partial charge is 0.331 e. The molecule has 3 rings (SSSR count). The number of aromatic nitrogens is 2. The van der Waals surface area contributed by atoms with E-state index in [0.29, 0.717) is 19.4 Å². The van der Waals surface area contributed by atoms with Crippen LogP contribution in [0.3, 0.4) is 0 Å². The number of carbonyl (C=O) groups is 2. The number of aryl methyl sites for hydroxylation is 2. The summed E-state index contributed by atoms with van der Waals surface area (Å²) in [6.07, 6.45) is 5.76. The van der Waals surface area contributed by atoms with Crippen LogP contribution in [0.4, 0.5) is 5.69 Å². The van der Waals surface area contributed by atoms with E-state index in [1.54, 1.807) is 23.5 Å². The smallest absolute Gasteiger partial charge is 0.246 e. The van der Waals surface area contributed by atoms with Crippen LogP contribution in [0.2, 0.25) is 0 Å². The van der Waals surface area contributed by atoms with E-state index >= 15 is 0 Å². The molecular weight excluding hydrogens is 316 g/mol. The number of hydrogen-bond acceptors (Lipinski definition) is 4. The molecule has 1 atom stereocenters. The molecule has 0 aliphatic carbocycles. The third-order valence-electron chi connectivity index (χ3n) is 4.46. The molecule has 1 unspecified atom stereocenters. The van der Waals surface area contributed by atoms with E-state index in [0.717, 1.165) is 16.9 Å². The molecule has 6 nitrogen and oxygen atoms in total. The van der Waals surface area contributed by atoms with Gasteiger partial charge < -0.3 is 9.80 Å². The lowest BCUT2D eigenvalue weighted by Crippen LogP contribution is -2.57. The Morgan fingerprint density at radius 1 is 1.28 bits per heavy atom.